The van der Waals surface area contributed by atoms with Crippen LogP contribution < -0.4 is 10.1 Å². The number of ether oxygens (including phenoxy) is 1. The zero-order valence-electron chi connectivity index (χ0n) is 12.1. The molecule has 0 saturated carbocycles. The zero-order valence-corrected chi connectivity index (χ0v) is 12.8. The molecule has 2 N–H and O–H groups in total. The Balaban J connectivity index is 1.69. The number of hydrogen-bond acceptors (Lipinski definition) is 3. The molecule has 2 aromatic carbocycles. The topological polar surface area (TPSA) is 41.5 Å². The molecule has 0 saturated heterocycles. The van der Waals surface area contributed by atoms with Crippen molar-refractivity contribution in [1.82, 2.24) is 5.32 Å². The largest absolute Gasteiger partial charge is 0.491 e. The van der Waals surface area contributed by atoms with E-state index in [2.05, 4.69) is 5.32 Å². The number of benzene rings is 2. The second-order valence-electron chi connectivity index (χ2n) is 5.00. The molecule has 2 rings (SSSR count). The monoisotopic (exact) mass is 305 g/mol. The predicted octanol–water partition coefficient (Wildman–Crippen LogP) is 3.18. The molecule has 0 aliphatic rings. The second kappa shape index (κ2) is 8.03. The summed E-state index contributed by atoms with van der Waals surface area (Å²) in [5.41, 5.74) is 2.20. The summed E-state index contributed by atoms with van der Waals surface area (Å²) in [7, 11) is 0. The normalized spacial score (nSPS) is 12.1. The molecule has 0 amide bonds. The van der Waals surface area contributed by atoms with Crippen molar-refractivity contribution in [3.8, 4) is 5.75 Å². The number of aliphatic hydroxyl groups is 1. The van der Waals surface area contributed by atoms with Gasteiger partial charge in [-0.3, -0.25) is 0 Å². The summed E-state index contributed by atoms with van der Waals surface area (Å²) in [5, 5.41) is 13.8. The standard InChI is InChI=1S/C17H20ClNO2/c1-13-6-8-16(9-7-13)21-12-15(20)11-19-10-14-4-2-3-5-17(14)18/h2-9,15,19-20H,10-12H2,1H3. The molecule has 0 heterocycles. The molecule has 0 spiro atoms. The average Bonchev–Trinajstić information content (AvgIpc) is 2.49. The van der Waals surface area contributed by atoms with Gasteiger partial charge in [-0.1, -0.05) is 47.5 Å². The SMILES string of the molecule is Cc1ccc(OCC(O)CNCc2ccccc2Cl)cc1. The van der Waals surface area contributed by atoms with E-state index in [9.17, 15) is 5.11 Å². The van der Waals surface area contributed by atoms with Crippen molar-refractivity contribution in [3.63, 3.8) is 0 Å². The molecular weight excluding hydrogens is 286 g/mol. The van der Waals surface area contributed by atoms with Gasteiger partial charge in [0, 0.05) is 18.1 Å². The third-order valence-corrected chi connectivity index (χ3v) is 3.49. The Labute approximate surface area is 130 Å². The van der Waals surface area contributed by atoms with Crippen LogP contribution in [-0.2, 0) is 6.54 Å². The Bertz CT molecular complexity index is 557. The molecule has 0 bridgehead atoms. The summed E-state index contributed by atoms with van der Waals surface area (Å²) in [5.74, 6) is 0.769. The Morgan fingerprint density at radius 1 is 1.14 bits per heavy atom. The van der Waals surface area contributed by atoms with Gasteiger partial charge in [0.05, 0.1) is 0 Å². The van der Waals surface area contributed by atoms with Gasteiger partial charge < -0.3 is 15.2 Å². The first-order valence-corrected chi connectivity index (χ1v) is 7.34. The van der Waals surface area contributed by atoms with E-state index in [1.165, 1.54) is 5.56 Å². The first-order valence-electron chi connectivity index (χ1n) is 6.97. The quantitative estimate of drug-likeness (QED) is 0.825. The fourth-order valence-corrected chi connectivity index (χ4v) is 2.10. The lowest BCUT2D eigenvalue weighted by Crippen LogP contribution is -2.31. The summed E-state index contributed by atoms with van der Waals surface area (Å²) in [4.78, 5) is 0. The summed E-state index contributed by atoms with van der Waals surface area (Å²) < 4.78 is 5.53. The number of aliphatic hydroxyl groups excluding tert-OH is 1. The first kappa shape index (κ1) is 15.8. The Hall–Kier alpha value is -1.55. The van der Waals surface area contributed by atoms with Gasteiger partial charge in [0.25, 0.3) is 0 Å². The number of nitrogens with one attached hydrogen (secondary N) is 1. The predicted molar refractivity (Wildman–Crippen MR) is 85.8 cm³/mol. The third-order valence-electron chi connectivity index (χ3n) is 3.12. The van der Waals surface area contributed by atoms with Crippen LogP contribution in [0.5, 0.6) is 5.75 Å². The molecular formula is C17H20ClNO2. The molecule has 0 aliphatic heterocycles. The minimum absolute atomic E-state index is 0.262. The van der Waals surface area contributed by atoms with Gasteiger partial charge in [0.1, 0.15) is 18.5 Å². The molecule has 0 radical (unpaired) electrons. The number of aryl methyl sites for hydroxylation is 1. The minimum Gasteiger partial charge on any atom is -0.491 e. The van der Waals surface area contributed by atoms with E-state index in [1.807, 2.05) is 55.5 Å². The van der Waals surface area contributed by atoms with Crippen LogP contribution in [0.4, 0.5) is 0 Å². The van der Waals surface area contributed by atoms with Crippen LogP contribution >= 0.6 is 11.6 Å². The molecule has 1 unspecified atom stereocenters. The highest BCUT2D eigenvalue weighted by Crippen LogP contribution is 2.14. The maximum absolute atomic E-state index is 9.89. The van der Waals surface area contributed by atoms with Gasteiger partial charge >= 0.3 is 0 Å². The van der Waals surface area contributed by atoms with E-state index in [4.69, 9.17) is 16.3 Å². The van der Waals surface area contributed by atoms with Gasteiger partial charge in [-0.15, -0.1) is 0 Å². The van der Waals surface area contributed by atoms with E-state index in [1.54, 1.807) is 0 Å². The highest BCUT2D eigenvalue weighted by molar-refractivity contribution is 6.31. The van der Waals surface area contributed by atoms with E-state index in [0.29, 0.717) is 13.1 Å². The second-order valence-corrected chi connectivity index (χ2v) is 5.41. The molecule has 0 fully saturated rings. The molecule has 2 aromatic rings. The minimum atomic E-state index is -0.561. The van der Waals surface area contributed by atoms with Gasteiger partial charge in [0.15, 0.2) is 0 Å². The van der Waals surface area contributed by atoms with E-state index < -0.39 is 6.10 Å². The smallest absolute Gasteiger partial charge is 0.119 e. The summed E-state index contributed by atoms with van der Waals surface area (Å²) >= 11 is 6.07. The van der Waals surface area contributed by atoms with Crippen LogP contribution in [-0.4, -0.2) is 24.4 Å². The van der Waals surface area contributed by atoms with Gasteiger partial charge in [-0.25, -0.2) is 0 Å². The lowest BCUT2D eigenvalue weighted by Gasteiger charge is -2.14. The summed E-state index contributed by atoms with van der Waals surface area (Å²) in [6.07, 6.45) is -0.561. The fourth-order valence-electron chi connectivity index (χ4n) is 1.90. The molecule has 4 heteroatoms. The van der Waals surface area contributed by atoms with Crippen molar-refractivity contribution >= 4 is 11.6 Å². The highest BCUT2D eigenvalue weighted by atomic mass is 35.5. The number of hydrogen-bond donors (Lipinski definition) is 2. The number of halogens is 1. The van der Waals surface area contributed by atoms with Gasteiger partial charge in [-0.05, 0) is 30.7 Å². The van der Waals surface area contributed by atoms with Gasteiger partial charge in [0.2, 0.25) is 0 Å². The van der Waals surface area contributed by atoms with Crippen molar-refractivity contribution in [2.24, 2.45) is 0 Å². The Morgan fingerprint density at radius 2 is 1.86 bits per heavy atom. The van der Waals surface area contributed by atoms with Crippen molar-refractivity contribution in [2.75, 3.05) is 13.2 Å². The lowest BCUT2D eigenvalue weighted by atomic mass is 10.2. The van der Waals surface area contributed by atoms with Crippen LogP contribution in [0, 0.1) is 6.92 Å². The van der Waals surface area contributed by atoms with Crippen LogP contribution in [0.15, 0.2) is 48.5 Å². The summed E-state index contributed by atoms with van der Waals surface area (Å²) in [6, 6.07) is 15.4. The maximum Gasteiger partial charge on any atom is 0.119 e. The molecule has 3 nitrogen and oxygen atoms in total. The van der Waals surface area contributed by atoms with E-state index in [-0.39, 0.29) is 6.61 Å². The van der Waals surface area contributed by atoms with Crippen LogP contribution in [0.2, 0.25) is 5.02 Å². The Kier molecular flexibility index (Phi) is 6.05. The molecule has 112 valence electrons. The molecule has 0 aliphatic carbocycles. The molecule has 21 heavy (non-hydrogen) atoms. The van der Waals surface area contributed by atoms with Crippen LogP contribution in [0.1, 0.15) is 11.1 Å². The van der Waals surface area contributed by atoms with Crippen LogP contribution in [0.25, 0.3) is 0 Å². The van der Waals surface area contributed by atoms with E-state index >= 15 is 0 Å². The lowest BCUT2D eigenvalue weighted by molar-refractivity contribution is 0.106. The average molecular weight is 306 g/mol. The first-order chi connectivity index (χ1) is 10.1. The van der Waals surface area contributed by atoms with Crippen molar-refractivity contribution in [1.29, 1.82) is 0 Å². The Morgan fingerprint density at radius 3 is 2.57 bits per heavy atom. The van der Waals surface area contributed by atoms with Crippen molar-refractivity contribution < 1.29 is 9.84 Å². The fraction of sp³-hybridized carbons (Fsp3) is 0.294. The molecule has 1 atom stereocenters. The molecule has 0 aromatic heterocycles. The summed E-state index contributed by atoms with van der Waals surface area (Å²) in [6.45, 7) is 3.37. The zero-order chi connectivity index (χ0) is 15.1. The van der Waals surface area contributed by atoms with Crippen molar-refractivity contribution in [3.05, 3.63) is 64.7 Å². The maximum atomic E-state index is 9.89. The van der Waals surface area contributed by atoms with Crippen LogP contribution in [0.3, 0.4) is 0 Å². The number of rotatable bonds is 7. The van der Waals surface area contributed by atoms with E-state index in [0.717, 1.165) is 16.3 Å². The highest BCUT2D eigenvalue weighted by Gasteiger charge is 2.06. The third kappa shape index (κ3) is 5.38. The van der Waals surface area contributed by atoms with Crippen molar-refractivity contribution in [2.45, 2.75) is 19.6 Å². The van der Waals surface area contributed by atoms with Gasteiger partial charge in [-0.2, -0.15) is 0 Å².